The van der Waals surface area contributed by atoms with Crippen LogP contribution < -0.4 is 10.1 Å². The van der Waals surface area contributed by atoms with Crippen molar-refractivity contribution in [2.45, 2.75) is 12.5 Å². The molecule has 1 aromatic heterocycles. The molecule has 1 aliphatic heterocycles. The van der Waals surface area contributed by atoms with Gasteiger partial charge in [0, 0.05) is 12.0 Å². The topological polar surface area (TPSA) is 59.9 Å². The number of rotatable bonds is 5. The maximum absolute atomic E-state index is 13.7. The van der Waals surface area contributed by atoms with Crippen molar-refractivity contribution < 1.29 is 18.8 Å². The lowest BCUT2D eigenvalue weighted by Crippen LogP contribution is -2.31. The van der Waals surface area contributed by atoms with Crippen molar-refractivity contribution in [2.75, 3.05) is 13.7 Å². The van der Waals surface area contributed by atoms with Crippen LogP contribution >= 0.6 is 11.3 Å². The number of nitrogens with zero attached hydrogens (tertiary/aromatic N) is 1. The predicted molar refractivity (Wildman–Crippen MR) is 85.6 cm³/mol. The molecular weight excluding hydrogens is 319 g/mol. The van der Waals surface area contributed by atoms with Crippen LogP contribution in [0.1, 0.15) is 21.7 Å². The van der Waals surface area contributed by atoms with E-state index >= 15 is 0 Å². The maximum Gasteiger partial charge on any atom is 0.261 e. The normalized spacial score (nSPS) is 16.6. The molecule has 1 amide bonds. The Hall–Kier alpha value is -2.41. The predicted octanol–water partition coefficient (Wildman–Crippen LogP) is 2.82. The molecule has 2 heterocycles. The molecule has 0 aliphatic carbocycles. The lowest BCUT2D eigenvalue weighted by atomic mass is 10.0. The molecule has 120 valence electrons. The van der Waals surface area contributed by atoms with E-state index in [0.717, 1.165) is 0 Å². The first-order valence-electron chi connectivity index (χ1n) is 7.05. The van der Waals surface area contributed by atoms with Crippen LogP contribution in [0.2, 0.25) is 0 Å². The van der Waals surface area contributed by atoms with Gasteiger partial charge in [-0.1, -0.05) is 11.2 Å². The summed E-state index contributed by atoms with van der Waals surface area (Å²) in [5.41, 5.74) is 1.30. The summed E-state index contributed by atoms with van der Waals surface area (Å²) >= 11 is 1.38. The number of nitrogens with one attached hydrogen (secondary N) is 1. The Morgan fingerprint density at radius 3 is 3.09 bits per heavy atom. The Morgan fingerprint density at radius 2 is 2.39 bits per heavy atom. The third-order valence-corrected chi connectivity index (χ3v) is 4.32. The van der Waals surface area contributed by atoms with E-state index < -0.39 is 5.82 Å². The first-order chi connectivity index (χ1) is 11.2. The van der Waals surface area contributed by atoms with Crippen molar-refractivity contribution >= 4 is 23.0 Å². The number of oxime groups is 1. The molecule has 1 N–H and O–H groups in total. The molecule has 1 atom stereocenters. The van der Waals surface area contributed by atoms with E-state index in [4.69, 9.17) is 9.57 Å². The van der Waals surface area contributed by atoms with Crippen LogP contribution in [-0.4, -0.2) is 31.4 Å². The summed E-state index contributed by atoms with van der Waals surface area (Å²) in [7, 11) is 1.42. The summed E-state index contributed by atoms with van der Waals surface area (Å²) < 4.78 is 18.6. The molecule has 7 heteroatoms. The van der Waals surface area contributed by atoms with Gasteiger partial charge in [-0.2, -0.15) is 0 Å². The fourth-order valence-corrected chi connectivity index (χ4v) is 2.90. The van der Waals surface area contributed by atoms with Gasteiger partial charge in [0.05, 0.1) is 24.2 Å². The maximum atomic E-state index is 13.7. The minimum Gasteiger partial charge on any atom is -0.494 e. The second-order valence-corrected chi connectivity index (χ2v) is 5.95. The number of hydrogen-bond acceptors (Lipinski definition) is 5. The number of carbonyl (C=O) groups excluding carboxylic acids is 1. The van der Waals surface area contributed by atoms with Gasteiger partial charge in [0.25, 0.3) is 5.91 Å². The van der Waals surface area contributed by atoms with E-state index in [1.807, 2.05) is 11.4 Å². The summed E-state index contributed by atoms with van der Waals surface area (Å²) in [4.78, 5) is 17.8. The molecule has 3 rings (SSSR count). The number of ether oxygens (including phenoxy) is 1. The van der Waals surface area contributed by atoms with Crippen molar-refractivity contribution in [1.29, 1.82) is 0 Å². The molecule has 0 fully saturated rings. The van der Waals surface area contributed by atoms with E-state index in [0.29, 0.717) is 29.1 Å². The van der Waals surface area contributed by atoms with Crippen LogP contribution in [0.25, 0.3) is 0 Å². The first kappa shape index (κ1) is 15.5. The molecule has 0 unspecified atom stereocenters. The summed E-state index contributed by atoms with van der Waals surface area (Å²) in [6.45, 7) is 0.350. The first-order valence-corrected chi connectivity index (χ1v) is 7.93. The third-order valence-electron chi connectivity index (χ3n) is 3.45. The highest BCUT2D eigenvalue weighted by Crippen LogP contribution is 2.22. The molecule has 5 nitrogen and oxygen atoms in total. The Kier molecular flexibility index (Phi) is 4.57. The van der Waals surface area contributed by atoms with Crippen LogP contribution in [0.3, 0.4) is 0 Å². The van der Waals surface area contributed by atoms with Gasteiger partial charge in [-0.25, -0.2) is 4.39 Å². The molecule has 0 radical (unpaired) electrons. The van der Waals surface area contributed by atoms with Gasteiger partial charge in [-0.05, 0) is 29.6 Å². The molecule has 0 spiro atoms. The quantitative estimate of drug-likeness (QED) is 0.915. The highest BCUT2D eigenvalue weighted by molar-refractivity contribution is 7.12. The standard InChI is InChI=1S/C16H15FN2O3S/c1-21-14-5-4-10(7-12(14)17)13-8-11(22-19-13)9-18-16(20)15-3-2-6-23-15/h2-7,11H,8-9H2,1H3,(H,18,20)/t11-/m1/s1. The average Bonchev–Trinajstić information content (AvgIpc) is 3.24. The highest BCUT2D eigenvalue weighted by Gasteiger charge is 2.23. The largest absolute Gasteiger partial charge is 0.494 e. The minimum atomic E-state index is -0.442. The number of carbonyl (C=O) groups is 1. The van der Waals surface area contributed by atoms with Crippen LogP contribution in [0, 0.1) is 5.82 Å². The third kappa shape index (κ3) is 3.50. The molecular formula is C16H15FN2O3S. The number of thiophene rings is 1. The van der Waals surface area contributed by atoms with Gasteiger partial charge in [0.2, 0.25) is 0 Å². The van der Waals surface area contributed by atoms with Crippen LogP contribution in [0.4, 0.5) is 4.39 Å². The van der Waals surface area contributed by atoms with Crippen LogP contribution in [0.5, 0.6) is 5.75 Å². The number of hydrogen-bond donors (Lipinski definition) is 1. The van der Waals surface area contributed by atoms with Crippen LogP contribution in [-0.2, 0) is 4.84 Å². The number of halogens is 1. The van der Waals surface area contributed by atoms with E-state index in [2.05, 4.69) is 10.5 Å². The van der Waals surface area contributed by atoms with Gasteiger partial charge in [0.1, 0.15) is 6.10 Å². The zero-order valence-electron chi connectivity index (χ0n) is 12.4. The van der Waals surface area contributed by atoms with Crippen molar-refractivity contribution in [3.8, 4) is 5.75 Å². The van der Waals surface area contributed by atoms with Crippen molar-refractivity contribution in [3.63, 3.8) is 0 Å². The summed E-state index contributed by atoms with van der Waals surface area (Å²) in [5.74, 6) is -0.386. The zero-order chi connectivity index (χ0) is 16.2. The van der Waals surface area contributed by atoms with Gasteiger partial charge in [-0.15, -0.1) is 11.3 Å². The second-order valence-electron chi connectivity index (χ2n) is 5.01. The number of methoxy groups -OCH3 is 1. The van der Waals surface area contributed by atoms with E-state index in [-0.39, 0.29) is 17.8 Å². The highest BCUT2D eigenvalue weighted by atomic mass is 32.1. The fraction of sp³-hybridized carbons (Fsp3) is 0.250. The Bertz CT molecular complexity index is 731. The van der Waals surface area contributed by atoms with E-state index in [9.17, 15) is 9.18 Å². The zero-order valence-corrected chi connectivity index (χ0v) is 13.2. The van der Waals surface area contributed by atoms with Gasteiger partial charge < -0.3 is 14.9 Å². The second kappa shape index (κ2) is 6.78. The molecule has 1 aliphatic rings. The Morgan fingerprint density at radius 1 is 1.52 bits per heavy atom. The summed E-state index contributed by atoms with van der Waals surface area (Å²) in [6.07, 6.45) is 0.260. The lowest BCUT2D eigenvalue weighted by Gasteiger charge is -2.09. The van der Waals surface area contributed by atoms with Crippen LogP contribution in [0.15, 0.2) is 40.9 Å². The summed E-state index contributed by atoms with van der Waals surface area (Å²) in [6, 6.07) is 8.24. The van der Waals surface area contributed by atoms with Crippen molar-refractivity contribution in [1.82, 2.24) is 5.32 Å². The van der Waals surface area contributed by atoms with Gasteiger partial charge in [-0.3, -0.25) is 4.79 Å². The average molecular weight is 334 g/mol. The van der Waals surface area contributed by atoms with Crippen molar-refractivity contribution in [2.24, 2.45) is 5.16 Å². The summed E-state index contributed by atoms with van der Waals surface area (Å²) in [5, 5.41) is 8.64. The Balaban J connectivity index is 1.56. The number of amides is 1. The fourth-order valence-electron chi connectivity index (χ4n) is 2.26. The number of benzene rings is 1. The van der Waals surface area contributed by atoms with Gasteiger partial charge in [0.15, 0.2) is 11.6 Å². The molecule has 0 bridgehead atoms. The Labute approximate surface area is 136 Å². The SMILES string of the molecule is COc1ccc(C2=NO[C@@H](CNC(=O)c3cccs3)C2)cc1F. The molecule has 23 heavy (non-hydrogen) atoms. The smallest absolute Gasteiger partial charge is 0.261 e. The van der Waals surface area contributed by atoms with Crippen molar-refractivity contribution in [3.05, 3.63) is 52.0 Å². The van der Waals surface area contributed by atoms with Gasteiger partial charge >= 0.3 is 0 Å². The molecule has 0 saturated carbocycles. The molecule has 0 saturated heterocycles. The monoisotopic (exact) mass is 334 g/mol. The molecule has 2 aromatic rings. The molecule has 1 aromatic carbocycles. The minimum absolute atomic E-state index is 0.132. The van der Waals surface area contributed by atoms with E-state index in [1.165, 1.54) is 24.5 Å². The van der Waals surface area contributed by atoms with E-state index in [1.54, 1.807) is 18.2 Å². The lowest BCUT2D eigenvalue weighted by molar-refractivity contribution is 0.0755.